The fraction of sp³-hybridized carbons (Fsp3) is 0.882. The molecular formula is C17H30N2O3. The Labute approximate surface area is 133 Å². The van der Waals surface area contributed by atoms with Crippen LogP contribution in [0.4, 0.5) is 4.79 Å². The summed E-state index contributed by atoms with van der Waals surface area (Å²) < 4.78 is 5.38. The lowest BCUT2D eigenvalue weighted by molar-refractivity contribution is -0.123. The molecule has 0 spiro atoms. The highest BCUT2D eigenvalue weighted by molar-refractivity contribution is 5.77. The van der Waals surface area contributed by atoms with E-state index in [1.54, 1.807) is 4.90 Å². The predicted molar refractivity (Wildman–Crippen MR) is 85.5 cm³/mol. The van der Waals surface area contributed by atoms with Crippen LogP contribution in [0, 0.1) is 11.8 Å². The lowest BCUT2D eigenvalue weighted by Gasteiger charge is -2.32. The Hall–Kier alpha value is -1.26. The van der Waals surface area contributed by atoms with E-state index in [1.807, 2.05) is 20.8 Å². The summed E-state index contributed by atoms with van der Waals surface area (Å²) in [5.41, 5.74) is -0.468. The molecule has 2 amide bonds. The molecule has 0 unspecified atom stereocenters. The molecule has 1 saturated heterocycles. The number of likely N-dealkylation sites (tertiary alicyclic amines) is 1. The summed E-state index contributed by atoms with van der Waals surface area (Å²) >= 11 is 0. The SMILES string of the molecule is C[C@@H](NC(=O)C[C@@H]1CCN(C(=O)OC(C)(C)C)C1)C1CCC1. The molecule has 2 fully saturated rings. The van der Waals surface area contributed by atoms with Crippen molar-refractivity contribution in [3.8, 4) is 0 Å². The molecule has 22 heavy (non-hydrogen) atoms. The van der Waals surface area contributed by atoms with Gasteiger partial charge in [-0.15, -0.1) is 0 Å². The Morgan fingerprint density at radius 2 is 1.95 bits per heavy atom. The van der Waals surface area contributed by atoms with E-state index in [0.717, 1.165) is 6.42 Å². The second kappa shape index (κ2) is 6.88. The number of nitrogens with zero attached hydrogens (tertiary/aromatic N) is 1. The van der Waals surface area contributed by atoms with Gasteiger partial charge in [-0.05, 0) is 58.8 Å². The number of amides is 2. The molecule has 126 valence electrons. The molecular weight excluding hydrogens is 280 g/mol. The van der Waals surface area contributed by atoms with Crippen LogP contribution in [-0.2, 0) is 9.53 Å². The third-order valence-electron chi connectivity index (χ3n) is 4.66. The third-order valence-corrected chi connectivity index (χ3v) is 4.66. The first-order valence-electron chi connectivity index (χ1n) is 8.52. The molecule has 0 radical (unpaired) electrons. The lowest BCUT2D eigenvalue weighted by Crippen LogP contribution is -2.41. The Bertz CT molecular complexity index is 413. The maximum atomic E-state index is 12.1. The van der Waals surface area contributed by atoms with Crippen LogP contribution in [0.15, 0.2) is 0 Å². The number of ether oxygens (including phenoxy) is 1. The average Bonchev–Trinajstić information content (AvgIpc) is 2.72. The largest absolute Gasteiger partial charge is 0.444 e. The zero-order valence-corrected chi connectivity index (χ0v) is 14.4. The van der Waals surface area contributed by atoms with Crippen molar-refractivity contribution in [2.45, 2.75) is 71.4 Å². The first kappa shape index (κ1) is 17.1. The van der Waals surface area contributed by atoms with Crippen LogP contribution in [0.1, 0.15) is 59.8 Å². The minimum absolute atomic E-state index is 0.121. The van der Waals surface area contributed by atoms with Gasteiger partial charge in [-0.25, -0.2) is 4.79 Å². The highest BCUT2D eigenvalue weighted by atomic mass is 16.6. The van der Waals surface area contributed by atoms with Gasteiger partial charge < -0.3 is 15.0 Å². The lowest BCUT2D eigenvalue weighted by atomic mass is 9.80. The van der Waals surface area contributed by atoms with Gasteiger partial charge in [0, 0.05) is 25.6 Å². The van der Waals surface area contributed by atoms with Crippen molar-refractivity contribution in [2.24, 2.45) is 11.8 Å². The van der Waals surface area contributed by atoms with Crippen LogP contribution in [0.3, 0.4) is 0 Å². The minimum Gasteiger partial charge on any atom is -0.444 e. The van der Waals surface area contributed by atoms with E-state index in [2.05, 4.69) is 12.2 Å². The molecule has 5 nitrogen and oxygen atoms in total. The van der Waals surface area contributed by atoms with Gasteiger partial charge in [0.2, 0.25) is 5.91 Å². The fourth-order valence-corrected chi connectivity index (χ4v) is 3.12. The first-order valence-corrected chi connectivity index (χ1v) is 8.52. The summed E-state index contributed by atoms with van der Waals surface area (Å²) in [5.74, 6) is 1.03. The molecule has 0 aromatic carbocycles. The van der Waals surface area contributed by atoms with E-state index in [1.165, 1.54) is 19.3 Å². The molecule has 1 N–H and O–H groups in total. The molecule has 1 aliphatic heterocycles. The van der Waals surface area contributed by atoms with Crippen LogP contribution < -0.4 is 5.32 Å². The number of rotatable bonds is 4. The topological polar surface area (TPSA) is 58.6 Å². The summed E-state index contributed by atoms with van der Waals surface area (Å²) in [5, 5.41) is 3.12. The van der Waals surface area contributed by atoms with Crippen molar-refractivity contribution in [1.29, 1.82) is 0 Å². The summed E-state index contributed by atoms with van der Waals surface area (Å²) in [6.45, 7) is 9.02. The van der Waals surface area contributed by atoms with Crippen LogP contribution in [-0.4, -0.2) is 41.6 Å². The van der Waals surface area contributed by atoms with E-state index in [4.69, 9.17) is 4.74 Å². The van der Waals surface area contributed by atoms with Crippen molar-refractivity contribution in [2.75, 3.05) is 13.1 Å². The average molecular weight is 310 g/mol. The fourth-order valence-electron chi connectivity index (χ4n) is 3.12. The van der Waals surface area contributed by atoms with E-state index in [0.29, 0.717) is 25.4 Å². The maximum Gasteiger partial charge on any atom is 0.410 e. The predicted octanol–water partition coefficient (Wildman–Crippen LogP) is 2.94. The van der Waals surface area contributed by atoms with Gasteiger partial charge in [-0.2, -0.15) is 0 Å². The summed E-state index contributed by atoms with van der Waals surface area (Å²) in [6.07, 6.45) is 4.88. The van der Waals surface area contributed by atoms with E-state index >= 15 is 0 Å². The Morgan fingerprint density at radius 1 is 1.27 bits per heavy atom. The van der Waals surface area contributed by atoms with E-state index in [-0.39, 0.29) is 24.0 Å². The zero-order chi connectivity index (χ0) is 16.3. The van der Waals surface area contributed by atoms with Crippen molar-refractivity contribution in [1.82, 2.24) is 10.2 Å². The van der Waals surface area contributed by atoms with Crippen LogP contribution in [0.25, 0.3) is 0 Å². The highest BCUT2D eigenvalue weighted by Crippen LogP contribution is 2.29. The minimum atomic E-state index is -0.468. The second-order valence-electron chi connectivity index (χ2n) is 7.83. The molecule has 2 aliphatic rings. The Morgan fingerprint density at radius 3 is 2.50 bits per heavy atom. The monoisotopic (exact) mass is 310 g/mol. The van der Waals surface area contributed by atoms with Crippen molar-refractivity contribution in [3.63, 3.8) is 0 Å². The number of carbonyl (C=O) groups is 2. The quantitative estimate of drug-likeness (QED) is 0.868. The Balaban J connectivity index is 1.71. The van der Waals surface area contributed by atoms with Gasteiger partial charge in [0.05, 0.1) is 0 Å². The molecule has 2 atom stereocenters. The van der Waals surface area contributed by atoms with E-state index in [9.17, 15) is 9.59 Å². The number of carbonyl (C=O) groups excluding carboxylic acids is 2. The first-order chi connectivity index (χ1) is 10.2. The Kier molecular flexibility index (Phi) is 5.35. The standard InChI is InChI=1S/C17H30N2O3/c1-12(14-6-5-7-14)18-15(20)10-13-8-9-19(11-13)16(21)22-17(2,3)4/h12-14H,5-11H2,1-4H3,(H,18,20)/t12-,13+/m1/s1. The number of nitrogens with one attached hydrogen (secondary N) is 1. The summed E-state index contributed by atoms with van der Waals surface area (Å²) in [4.78, 5) is 25.8. The maximum absolute atomic E-state index is 12.1. The molecule has 0 aromatic heterocycles. The second-order valence-corrected chi connectivity index (χ2v) is 7.83. The van der Waals surface area contributed by atoms with Gasteiger partial charge in [-0.1, -0.05) is 6.42 Å². The third kappa shape index (κ3) is 4.89. The number of hydrogen-bond donors (Lipinski definition) is 1. The van der Waals surface area contributed by atoms with Crippen molar-refractivity contribution < 1.29 is 14.3 Å². The molecule has 5 heteroatoms. The summed E-state index contributed by atoms with van der Waals surface area (Å²) in [6, 6.07) is 0.282. The van der Waals surface area contributed by atoms with Crippen molar-refractivity contribution >= 4 is 12.0 Å². The highest BCUT2D eigenvalue weighted by Gasteiger charge is 2.31. The van der Waals surface area contributed by atoms with Gasteiger partial charge in [-0.3, -0.25) is 4.79 Å². The van der Waals surface area contributed by atoms with Crippen LogP contribution in [0.2, 0.25) is 0 Å². The smallest absolute Gasteiger partial charge is 0.410 e. The zero-order valence-electron chi connectivity index (χ0n) is 14.4. The normalized spacial score (nSPS) is 23.8. The van der Waals surface area contributed by atoms with Crippen molar-refractivity contribution in [3.05, 3.63) is 0 Å². The van der Waals surface area contributed by atoms with Crippen LogP contribution in [0.5, 0.6) is 0 Å². The van der Waals surface area contributed by atoms with Gasteiger partial charge in [0.25, 0.3) is 0 Å². The van der Waals surface area contributed by atoms with E-state index < -0.39 is 5.60 Å². The van der Waals surface area contributed by atoms with Gasteiger partial charge in [0.1, 0.15) is 5.60 Å². The molecule has 2 rings (SSSR count). The molecule has 1 aliphatic carbocycles. The van der Waals surface area contributed by atoms with Crippen LogP contribution >= 0.6 is 0 Å². The van der Waals surface area contributed by atoms with Gasteiger partial charge >= 0.3 is 6.09 Å². The molecule has 0 aromatic rings. The molecule has 0 bridgehead atoms. The molecule has 1 heterocycles. The number of hydrogen-bond acceptors (Lipinski definition) is 3. The molecule has 1 saturated carbocycles. The van der Waals surface area contributed by atoms with Gasteiger partial charge in [0.15, 0.2) is 0 Å². The summed E-state index contributed by atoms with van der Waals surface area (Å²) in [7, 11) is 0.